The number of hydrogen-bond donors (Lipinski definition) is 0. The molecule has 1 heterocycles. The quantitative estimate of drug-likeness (QED) is 0.490. The van der Waals surface area contributed by atoms with E-state index in [2.05, 4.69) is 48.0 Å². The second kappa shape index (κ2) is 9.76. The van der Waals surface area contributed by atoms with Crippen LogP contribution in [0, 0.1) is 0 Å². The van der Waals surface area contributed by atoms with Crippen molar-refractivity contribution in [2.75, 3.05) is 14.2 Å². The van der Waals surface area contributed by atoms with Crippen molar-refractivity contribution in [2.24, 2.45) is 0 Å². The molecule has 0 atom stereocenters. The summed E-state index contributed by atoms with van der Waals surface area (Å²) in [5.41, 5.74) is 2.24. The van der Waals surface area contributed by atoms with Crippen LogP contribution in [0.15, 0.2) is 42.6 Å². The van der Waals surface area contributed by atoms with Gasteiger partial charge in [0, 0.05) is 36.3 Å². The Kier molecular flexibility index (Phi) is 7.34. The Morgan fingerprint density at radius 2 is 1.83 bits per heavy atom. The summed E-state index contributed by atoms with van der Waals surface area (Å²) in [6.07, 6.45) is 11.5. The number of methoxy groups -OCH3 is 2. The first-order valence-corrected chi connectivity index (χ1v) is 8.67. The number of benzene rings is 1. The molecular weight excluding hydrogens is 298 g/mol. The highest BCUT2D eigenvalue weighted by molar-refractivity contribution is 5.71. The van der Waals surface area contributed by atoms with Crippen molar-refractivity contribution in [1.82, 2.24) is 0 Å². The predicted molar refractivity (Wildman–Crippen MR) is 99.3 cm³/mol. The third-order valence-corrected chi connectivity index (χ3v) is 4.10. The summed E-state index contributed by atoms with van der Waals surface area (Å²) >= 11 is 0. The molecule has 0 aliphatic heterocycles. The number of hydrogen-bond acceptors (Lipinski definition) is 2. The SMILES string of the molecule is CCCCCC[n+]1ccccc1C=Cc1ccc(OC)cc1OC. The van der Waals surface area contributed by atoms with Crippen LogP contribution in [0.1, 0.15) is 43.9 Å². The normalized spacial score (nSPS) is 11.0. The van der Waals surface area contributed by atoms with Crippen LogP contribution in [0.4, 0.5) is 0 Å². The van der Waals surface area contributed by atoms with Gasteiger partial charge < -0.3 is 9.47 Å². The van der Waals surface area contributed by atoms with E-state index >= 15 is 0 Å². The Labute approximate surface area is 145 Å². The largest absolute Gasteiger partial charge is 0.497 e. The van der Waals surface area contributed by atoms with Crippen LogP contribution >= 0.6 is 0 Å². The molecule has 3 nitrogen and oxygen atoms in total. The maximum absolute atomic E-state index is 5.46. The molecule has 0 saturated carbocycles. The molecule has 1 aromatic carbocycles. The zero-order valence-corrected chi connectivity index (χ0v) is 15.0. The van der Waals surface area contributed by atoms with Gasteiger partial charge in [-0.2, -0.15) is 4.57 Å². The van der Waals surface area contributed by atoms with E-state index in [1.54, 1.807) is 14.2 Å². The molecule has 0 fully saturated rings. The lowest BCUT2D eigenvalue weighted by atomic mass is 10.1. The number of aryl methyl sites for hydroxylation is 1. The summed E-state index contributed by atoms with van der Waals surface area (Å²) in [7, 11) is 3.35. The van der Waals surface area contributed by atoms with Crippen molar-refractivity contribution in [2.45, 2.75) is 39.2 Å². The Balaban J connectivity index is 2.14. The van der Waals surface area contributed by atoms with Crippen LogP contribution in [0.25, 0.3) is 12.2 Å². The molecule has 0 amide bonds. The summed E-state index contributed by atoms with van der Waals surface area (Å²) in [6, 6.07) is 12.2. The van der Waals surface area contributed by atoms with E-state index in [4.69, 9.17) is 9.47 Å². The molecule has 0 saturated heterocycles. The van der Waals surface area contributed by atoms with Crippen LogP contribution in [-0.4, -0.2) is 14.2 Å². The zero-order valence-electron chi connectivity index (χ0n) is 15.0. The number of rotatable bonds is 9. The van der Waals surface area contributed by atoms with E-state index < -0.39 is 0 Å². The van der Waals surface area contributed by atoms with Crippen molar-refractivity contribution in [3.63, 3.8) is 0 Å². The lowest BCUT2D eigenvalue weighted by Crippen LogP contribution is -2.36. The summed E-state index contributed by atoms with van der Waals surface area (Å²) < 4.78 is 13.0. The van der Waals surface area contributed by atoms with Gasteiger partial charge in [0.25, 0.3) is 0 Å². The average Bonchev–Trinajstić information content (AvgIpc) is 2.64. The number of pyridine rings is 1. The highest BCUT2D eigenvalue weighted by Gasteiger charge is 2.07. The fraction of sp³-hybridized carbons (Fsp3) is 0.381. The third-order valence-electron chi connectivity index (χ3n) is 4.10. The van der Waals surface area contributed by atoms with E-state index in [9.17, 15) is 0 Å². The molecular formula is C21H28NO2+. The summed E-state index contributed by atoms with van der Waals surface area (Å²) in [5.74, 6) is 1.62. The van der Waals surface area contributed by atoms with E-state index in [-0.39, 0.29) is 0 Å². The first-order valence-electron chi connectivity index (χ1n) is 8.67. The van der Waals surface area contributed by atoms with Crippen molar-refractivity contribution in [3.05, 3.63) is 53.9 Å². The molecule has 0 bridgehead atoms. The van der Waals surface area contributed by atoms with Gasteiger partial charge in [-0.1, -0.05) is 19.8 Å². The first-order chi connectivity index (χ1) is 11.8. The van der Waals surface area contributed by atoms with Crippen LogP contribution in [-0.2, 0) is 6.54 Å². The second-order valence-electron chi connectivity index (χ2n) is 5.82. The van der Waals surface area contributed by atoms with E-state index in [0.717, 1.165) is 23.6 Å². The fourth-order valence-corrected chi connectivity index (χ4v) is 2.68. The van der Waals surface area contributed by atoms with Gasteiger partial charge in [0.2, 0.25) is 5.69 Å². The van der Waals surface area contributed by atoms with Gasteiger partial charge in [0.05, 0.1) is 14.2 Å². The lowest BCUT2D eigenvalue weighted by Gasteiger charge is -2.07. The summed E-state index contributed by atoms with van der Waals surface area (Å²) in [6.45, 7) is 3.30. The molecule has 0 unspecified atom stereocenters. The highest BCUT2D eigenvalue weighted by atomic mass is 16.5. The van der Waals surface area contributed by atoms with Crippen molar-refractivity contribution < 1.29 is 14.0 Å². The van der Waals surface area contributed by atoms with Crippen molar-refractivity contribution in [1.29, 1.82) is 0 Å². The van der Waals surface area contributed by atoms with Crippen LogP contribution in [0.2, 0.25) is 0 Å². The van der Waals surface area contributed by atoms with Crippen LogP contribution in [0.5, 0.6) is 11.5 Å². The van der Waals surface area contributed by atoms with Gasteiger partial charge in [0.1, 0.15) is 18.0 Å². The summed E-state index contributed by atoms with van der Waals surface area (Å²) in [4.78, 5) is 0. The second-order valence-corrected chi connectivity index (χ2v) is 5.82. The maximum atomic E-state index is 5.46. The van der Waals surface area contributed by atoms with E-state index in [0.29, 0.717) is 0 Å². The molecule has 0 aliphatic carbocycles. The van der Waals surface area contributed by atoms with Crippen molar-refractivity contribution >= 4 is 12.2 Å². The monoisotopic (exact) mass is 326 g/mol. The number of nitrogens with zero attached hydrogens (tertiary/aromatic N) is 1. The van der Waals surface area contributed by atoms with Gasteiger partial charge in [-0.15, -0.1) is 0 Å². The standard InChI is InChI=1S/C21H28NO2/c1-4-5-6-8-15-22-16-9-7-10-19(22)13-11-18-12-14-20(23-2)17-21(18)24-3/h7,9-14,16-17H,4-6,8,15H2,1-3H3/q+1. The average molecular weight is 326 g/mol. The summed E-state index contributed by atoms with van der Waals surface area (Å²) in [5, 5.41) is 0. The Bertz CT molecular complexity index is 665. The fourth-order valence-electron chi connectivity index (χ4n) is 2.68. The molecule has 128 valence electrons. The number of ether oxygens (including phenoxy) is 2. The molecule has 3 heteroatoms. The minimum Gasteiger partial charge on any atom is -0.497 e. The Hall–Kier alpha value is -2.29. The van der Waals surface area contributed by atoms with Gasteiger partial charge in [-0.05, 0) is 30.7 Å². The molecule has 1 aromatic heterocycles. The lowest BCUT2D eigenvalue weighted by molar-refractivity contribution is -0.699. The minimum absolute atomic E-state index is 0.801. The molecule has 0 spiro atoms. The minimum atomic E-state index is 0.801. The highest BCUT2D eigenvalue weighted by Crippen LogP contribution is 2.26. The van der Waals surface area contributed by atoms with Gasteiger partial charge >= 0.3 is 0 Å². The number of aromatic nitrogens is 1. The molecule has 0 aliphatic rings. The van der Waals surface area contributed by atoms with Crippen molar-refractivity contribution in [3.8, 4) is 11.5 Å². The molecule has 2 aromatic rings. The van der Waals surface area contributed by atoms with Gasteiger partial charge in [-0.25, -0.2) is 0 Å². The van der Waals surface area contributed by atoms with Crippen LogP contribution < -0.4 is 14.0 Å². The smallest absolute Gasteiger partial charge is 0.205 e. The zero-order chi connectivity index (χ0) is 17.2. The van der Waals surface area contributed by atoms with E-state index in [1.807, 2.05) is 18.2 Å². The Morgan fingerprint density at radius 3 is 2.58 bits per heavy atom. The Morgan fingerprint density at radius 1 is 0.958 bits per heavy atom. The topological polar surface area (TPSA) is 22.3 Å². The third kappa shape index (κ3) is 5.12. The molecule has 0 radical (unpaired) electrons. The first kappa shape index (κ1) is 18.1. The number of unbranched alkanes of at least 4 members (excludes halogenated alkanes) is 3. The van der Waals surface area contributed by atoms with E-state index in [1.165, 1.54) is 31.4 Å². The van der Waals surface area contributed by atoms with Crippen LogP contribution in [0.3, 0.4) is 0 Å². The predicted octanol–water partition coefficient (Wildman–Crippen LogP) is 4.74. The molecule has 0 N–H and O–H groups in total. The molecule has 2 rings (SSSR count). The van der Waals surface area contributed by atoms with Gasteiger partial charge in [-0.3, -0.25) is 0 Å². The maximum Gasteiger partial charge on any atom is 0.205 e. The van der Waals surface area contributed by atoms with Gasteiger partial charge in [0.15, 0.2) is 6.20 Å². The molecule has 24 heavy (non-hydrogen) atoms.